The highest BCUT2D eigenvalue weighted by atomic mass is 16.1. The van der Waals surface area contributed by atoms with Crippen molar-refractivity contribution in [1.29, 1.82) is 5.26 Å². The monoisotopic (exact) mass is 228 g/mol. The summed E-state index contributed by atoms with van der Waals surface area (Å²) in [4.78, 5) is 11.9. The number of rotatable bonds is 2. The van der Waals surface area contributed by atoms with E-state index in [2.05, 4.69) is 26.9 Å². The minimum Gasteiger partial charge on any atom is -0.334 e. The summed E-state index contributed by atoms with van der Waals surface area (Å²) in [5.74, 6) is -0.269. The highest BCUT2D eigenvalue weighted by Crippen LogP contribution is 2.34. The molecule has 2 heterocycles. The van der Waals surface area contributed by atoms with Crippen LogP contribution in [0.1, 0.15) is 23.2 Å². The second-order valence-electron chi connectivity index (χ2n) is 4.05. The highest BCUT2D eigenvalue weighted by molar-refractivity contribution is 5.96. The number of hydrogen-bond acceptors (Lipinski definition) is 5. The van der Waals surface area contributed by atoms with Crippen LogP contribution in [-0.2, 0) is 0 Å². The summed E-state index contributed by atoms with van der Waals surface area (Å²) >= 11 is 0. The molecule has 1 amide bonds. The molecule has 7 nitrogen and oxygen atoms in total. The number of pyridine rings is 1. The van der Waals surface area contributed by atoms with Crippen LogP contribution < -0.4 is 5.32 Å². The van der Waals surface area contributed by atoms with Gasteiger partial charge in [0.05, 0.1) is 6.07 Å². The number of nitriles is 1. The number of nitrogens with zero attached hydrogens (tertiary/aromatic N) is 5. The number of nitrogens with one attached hydrogen (secondary N) is 1. The Morgan fingerprint density at radius 1 is 1.59 bits per heavy atom. The number of hydrogen-bond donors (Lipinski definition) is 1. The van der Waals surface area contributed by atoms with E-state index < -0.39 is 5.54 Å². The summed E-state index contributed by atoms with van der Waals surface area (Å²) < 4.78 is 1.47. The van der Waals surface area contributed by atoms with Gasteiger partial charge in [0.1, 0.15) is 5.54 Å². The fourth-order valence-corrected chi connectivity index (χ4v) is 1.56. The third-order valence-electron chi connectivity index (χ3n) is 2.78. The maximum absolute atomic E-state index is 11.9. The van der Waals surface area contributed by atoms with Crippen molar-refractivity contribution >= 4 is 11.6 Å². The summed E-state index contributed by atoms with van der Waals surface area (Å²) in [6.07, 6.45) is 3.03. The number of amides is 1. The van der Waals surface area contributed by atoms with Crippen molar-refractivity contribution in [1.82, 2.24) is 25.4 Å². The molecule has 0 aromatic carbocycles. The van der Waals surface area contributed by atoms with E-state index in [1.165, 1.54) is 4.52 Å². The van der Waals surface area contributed by atoms with Crippen molar-refractivity contribution in [2.45, 2.75) is 18.4 Å². The normalized spacial score (nSPS) is 16.4. The molecule has 17 heavy (non-hydrogen) atoms. The lowest BCUT2D eigenvalue weighted by molar-refractivity contribution is 0.0941. The highest BCUT2D eigenvalue weighted by Gasteiger charge is 2.44. The SMILES string of the molecule is N#CC1(NC(=O)c2ccn3nnnc3c2)CC1. The van der Waals surface area contributed by atoms with Gasteiger partial charge in [-0.1, -0.05) is 0 Å². The van der Waals surface area contributed by atoms with E-state index in [0.717, 1.165) is 0 Å². The average molecular weight is 228 g/mol. The maximum Gasteiger partial charge on any atom is 0.252 e. The third kappa shape index (κ3) is 1.59. The summed E-state index contributed by atoms with van der Waals surface area (Å²) in [6.45, 7) is 0. The molecule has 0 radical (unpaired) electrons. The van der Waals surface area contributed by atoms with E-state index >= 15 is 0 Å². The molecule has 0 saturated heterocycles. The largest absolute Gasteiger partial charge is 0.334 e. The van der Waals surface area contributed by atoms with Crippen LogP contribution >= 0.6 is 0 Å². The molecule has 1 fully saturated rings. The van der Waals surface area contributed by atoms with E-state index in [1.807, 2.05) is 0 Å². The van der Waals surface area contributed by atoms with E-state index in [-0.39, 0.29) is 5.91 Å². The lowest BCUT2D eigenvalue weighted by atomic mass is 10.2. The fraction of sp³-hybridized carbons (Fsp3) is 0.300. The zero-order chi connectivity index (χ0) is 11.9. The standard InChI is InChI=1S/C10H8N6O/c11-6-10(2-3-10)12-9(17)7-1-4-16-8(5-7)13-14-15-16/h1,4-5H,2-3H2,(H,12,17). The quantitative estimate of drug-likeness (QED) is 0.774. The molecule has 0 unspecified atom stereocenters. The molecule has 0 bridgehead atoms. The molecule has 2 aromatic heterocycles. The number of carbonyl (C=O) groups is 1. The molecule has 0 atom stereocenters. The van der Waals surface area contributed by atoms with E-state index in [4.69, 9.17) is 5.26 Å². The summed E-state index contributed by atoms with van der Waals surface area (Å²) in [5, 5.41) is 22.5. The average Bonchev–Trinajstić information content (AvgIpc) is 2.96. The van der Waals surface area contributed by atoms with Crippen LogP contribution in [0.3, 0.4) is 0 Å². The number of aromatic nitrogens is 4. The Morgan fingerprint density at radius 3 is 3.12 bits per heavy atom. The van der Waals surface area contributed by atoms with Crippen LogP contribution in [0.5, 0.6) is 0 Å². The molecule has 7 heteroatoms. The van der Waals surface area contributed by atoms with Gasteiger partial charge in [0.25, 0.3) is 5.91 Å². The van der Waals surface area contributed by atoms with Gasteiger partial charge in [-0.25, -0.2) is 4.52 Å². The maximum atomic E-state index is 11.9. The first-order valence-corrected chi connectivity index (χ1v) is 5.14. The van der Waals surface area contributed by atoms with Crippen LogP contribution in [-0.4, -0.2) is 31.5 Å². The molecule has 1 N–H and O–H groups in total. The molecule has 0 aliphatic heterocycles. The minimum atomic E-state index is -0.658. The second kappa shape index (κ2) is 3.25. The zero-order valence-corrected chi connectivity index (χ0v) is 8.79. The Morgan fingerprint density at radius 2 is 2.41 bits per heavy atom. The summed E-state index contributed by atoms with van der Waals surface area (Å²) in [5.41, 5.74) is 0.295. The summed E-state index contributed by atoms with van der Waals surface area (Å²) in [6, 6.07) is 5.31. The molecule has 1 saturated carbocycles. The molecule has 3 rings (SSSR count). The Bertz CT molecular complexity index is 636. The van der Waals surface area contributed by atoms with Crippen molar-refractivity contribution in [3.05, 3.63) is 23.9 Å². The zero-order valence-electron chi connectivity index (χ0n) is 8.79. The van der Waals surface area contributed by atoms with Gasteiger partial charge in [-0.3, -0.25) is 4.79 Å². The van der Waals surface area contributed by atoms with Crippen molar-refractivity contribution in [3.63, 3.8) is 0 Å². The van der Waals surface area contributed by atoms with Gasteiger partial charge in [-0.2, -0.15) is 5.26 Å². The number of tetrazole rings is 1. The van der Waals surface area contributed by atoms with Crippen molar-refractivity contribution in [2.75, 3.05) is 0 Å². The van der Waals surface area contributed by atoms with E-state index in [9.17, 15) is 4.79 Å². The Kier molecular flexibility index (Phi) is 1.86. The van der Waals surface area contributed by atoms with Gasteiger partial charge in [0.2, 0.25) is 0 Å². The Hall–Kier alpha value is -2.49. The van der Waals surface area contributed by atoms with Gasteiger partial charge in [0, 0.05) is 11.8 Å². The first-order chi connectivity index (χ1) is 8.22. The number of fused-ring (bicyclic) bond motifs is 1. The minimum absolute atomic E-state index is 0.269. The first kappa shape index (κ1) is 9.72. The summed E-state index contributed by atoms with van der Waals surface area (Å²) in [7, 11) is 0. The molecule has 2 aromatic rings. The topological polar surface area (TPSA) is 96.0 Å². The van der Waals surface area contributed by atoms with Crippen LogP contribution in [0.4, 0.5) is 0 Å². The van der Waals surface area contributed by atoms with Crippen LogP contribution in [0.25, 0.3) is 5.65 Å². The van der Waals surface area contributed by atoms with Crippen molar-refractivity contribution in [2.24, 2.45) is 0 Å². The van der Waals surface area contributed by atoms with E-state index in [0.29, 0.717) is 24.1 Å². The van der Waals surface area contributed by atoms with Gasteiger partial charge < -0.3 is 5.32 Å². The van der Waals surface area contributed by atoms with Gasteiger partial charge in [-0.05, 0) is 35.4 Å². The lowest BCUT2D eigenvalue weighted by Gasteiger charge is -2.08. The van der Waals surface area contributed by atoms with Gasteiger partial charge in [-0.15, -0.1) is 5.10 Å². The molecular weight excluding hydrogens is 220 g/mol. The van der Waals surface area contributed by atoms with Crippen LogP contribution in [0.15, 0.2) is 18.3 Å². The molecular formula is C10H8N6O. The predicted octanol–water partition coefficient (Wildman–Crippen LogP) is -0.0897. The molecule has 1 aliphatic carbocycles. The van der Waals surface area contributed by atoms with Crippen molar-refractivity contribution < 1.29 is 4.79 Å². The predicted molar refractivity (Wildman–Crippen MR) is 55.8 cm³/mol. The molecule has 84 valence electrons. The molecule has 1 aliphatic rings. The van der Waals surface area contributed by atoms with Crippen LogP contribution in [0.2, 0.25) is 0 Å². The van der Waals surface area contributed by atoms with Crippen LogP contribution in [0, 0.1) is 11.3 Å². The fourth-order valence-electron chi connectivity index (χ4n) is 1.56. The lowest BCUT2D eigenvalue weighted by Crippen LogP contribution is -2.35. The molecule has 0 spiro atoms. The first-order valence-electron chi connectivity index (χ1n) is 5.14. The van der Waals surface area contributed by atoms with Crippen molar-refractivity contribution in [3.8, 4) is 6.07 Å². The Labute approximate surface area is 96.0 Å². The van der Waals surface area contributed by atoms with Gasteiger partial charge in [0.15, 0.2) is 5.65 Å². The van der Waals surface area contributed by atoms with Gasteiger partial charge >= 0.3 is 0 Å². The van der Waals surface area contributed by atoms with E-state index in [1.54, 1.807) is 18.3 Å². The Balaban J connectivity index is 1.88. The third-order valence-corrected chi connectivity index (χ3v) is 2.78. The smallest absolute Gasteiger partial charge is 0.252 e. The second-order valence-corrected chi connectivity index (χ2v) is 4.05. The number of carbonyl (C=O) groups excluding carboxylic acids is 1.